The number of rotatable bonds is 7. The molecule has 0 fully saturated rings. The molecule has 6 heteroatoms. The Morgan fingerprint density at radius 2 is 1.43 bits per heavy atom. The van der Waals surface area contributed by atoms with E-state index in [1.165, 1.54) is 0 Å². The number of benzene rings is 3. The van der Waals surface area contributed by atoms with E-state index in [-0.39, 0.29) is 17.9 Å². The summed E-state index contributed by atoms with van der Waals surface area (Å²) in [7, 11) is 0. The highest BCUT2D eigenvalue weighted by Crippen LogP contribution is 2.19. The van der Waals surface area contributed by atoms with Crippen LogP contribution in [0.3, 0.4) is 0 Å². The van der Waals surface area contributed by atoms with Crippen LogP contribution in [0.1, 0.15) is 41.0 Å². The first-order chi connectivity index (χ1) is 14.4. The zero-order valence-electron chi connectivity index (χ0n) is 16.8. The Morgan fingerprint density at radius 1 is 0.867 bits per heavy atom. The normalized spacial score (nSPS) is 11.4. The fourth-order valence-corrected chi connectivity index (χ4v) is 2.86. The van der Waals surface area contributed by atoms with Crippen molar-refractivity contribution in [2.75, 3.05) is 10.6 Å². The van der Waals surface area contributed by atoms with Gasteiger partial charge in [-0.15, -0.1) is 0 Å². The van der Waals surface area contributed by atoms with Gasteiger partial charge < -0.3 is 15.4 Å². The van der Waals surface area contributed by atoms with Gasteiger partial charge in [0.05, 0.1) is 6.10 Å². The molecule has 2 N–H and O–H groups in total. The van der Waals surface area contributed by atoms with Crippen LogP contribution in [0.5, 0.6) is 5.75 Å². The third kappa shape index (κ3) is 5.84. The van der Waals surface area contributed by atoms with Gasteiger partial charge in [0, 0.05) is 27.5 Å². The Kier molecular flexibility index (Phi) is 7.09. The molecule has 5 nitrogen and oxygen atoms in total. The number of ether oxygens (including phenoxy) is 1. The third-order valence-corrected chi connectivity index (χ3v) is 4.75. The van der Waals surface area contributed by atoms with E-state index in [1.807, 2.05) is 6.92 Å². The molecule has 0 bridgehead atoms. The minimum atomic E-state index is -0.256. The van der Waals surface area contributed by atoms with Gasteiger partial charge in [-0.1, -0.05) is 24.6 Å². The number of anilines is 2. The summed E-state index contributed by atoms with van der Waals surface area (Å²) in [5.74, 6) is 0.260. The van der Waals surface area contributed by atoms with Crippen molar-refractivity contribution in [3.05, 3.63) is 88.9 Å². The first-order valence-corrected chi connectivity index (χ1v) is 10.1. The zero-order valence-corrected chi connectivity index (χ0v) is 17.6. The minimum absolute atomic E-state index is 0.127. The Balaban J connectivity index is 1.58. The van der Waals surface area contributed by atoms with E-state index >= 15 is 0 Å². The Bertz CT molecular complexity index is 1020. The highest BCUT2D eigenvalue weighted by atomic mass is 35.5. The maximum absolute atomic E-state index is 12.4. The highest BCUT2D eigenvalue weighted by Gasteiger charge is 2.09. The zero-order chi connectivity index (χ0) is 21.5. The summed E-state index contributed by atoms with van der Waals surface area (Å²) in [4.78, 5) is 24.7. The van der Waals surface area contributed by atoms with Crippen LogP contribution >= 0.6 is 11.6 Å². The van der Waals surface area contributed by atoms with Gasteiger partial charge in [0.25, 0.3) is 11.8 Å². The Labute approximate surface area is 181 Å². The third-order valence-electron chi connectivity index (χ3n) is 4.52. The molecule has 30 heavy (non-hydrogen) atoms. The van der Waals surface area contributed by atoms with Crippen LogP contribution in [0, 0.1) is 0 Å². The summed E-state index contributed by atoms with van der Waals surface area (Å²) in [5, 5.41) is 6.14. The number of carbonyl (C=O) groups is 2. The van der Waals surface area contributed by atoms with Gasteiger partial charge in [0.2, 0.25) is 0 Å². The molecule has 0 saturated carbocycles. The second-order valence-electron chi connectivity index (χ2n) is 6.86. The van der Waals surface area contributed by atoms with Gasteiger partial charge in [-0.3, -0.25) is 9.59 Å². The molecule has 0 aliphatic heterocycles. The second-order valence-corrected chi connectivity index (χ2v) is 7.29. The number of carbonyl (C=O) groups excluding carboxylic acids is 2. The van der Waals surface area contributed by atoms with E-state index in [2.05, 4.69) is 17.6 Å². The molecule has 2 amide bonds. The molecule has 0 aliphatic rings. The van der Waals surface area contributed by atoms with Crippen molar-refractivity contribution in [3.63, 3.8) is 0 Å². The topological polar surface area (TPSA) is 67.4 Å². The average Bonchev–Trinajstić information content (AvgIpc) is 2.75. The van der Waals surface area contributed by atoms with Crippen molar-refractivity contribution in [2.24, 2.45) is 0 Å². The van der Waals surface area contributed by atoms with Crippen molar-refractivity contribution in [1.82, 2.24) is 0 Å². The molecule has 0 radical (unpaired) electrons. The first-order valence-electron chi connectivity index (χ1n) is 9.69. The molecule has 3 aromatic carbocycles. The van der Waals surface area contributed by atoms with Gasteiger partial charge >= 0.3 is 0 Å². The molecule has 0 saturated heterocycles. The number of hydrogen-bond donors (Lipinski definition) is 2. The molecule has 0 heterocycles. The summed E-state index contributed by atoms with van der Waals surface area (Å²) in [6.45, 7) is 4.06. The summed E-state index contributed by atoms with van der Waals surface area (Å²) in [6, 6.07) is 20.7. The number of hydrogen-bond acceptors (Lipinski definition) is 3. The highest BCUT2D eigenvalue weighted by molar-refractivity contribution is 6.31. The van der Waals surface area contributed by atoms with Crippen LogP contribution in [0.2, 0.25) is 5.02 Å². The summed E-state index contributed by atoms with van der Waals surface area (Å²) in [6.07, 6.45) is 1.04. The number of halogens is 1. The van der Waals surface area contributed by atoms with Gasteiger partial charge in [-0.2, -0.15) is 0 Å². The van der Waals surface area contributed by atoms with E-state index in [0.29, 0.717) is 27.5 Å². The Hall–Kier alpha value is -3.31. The minimum Gasteiger partial charge on any atom is -0.491 e. The molecule has 0 aliphatic carbocycles. The molecule has 154 valence electrons. The molecule has 0 spiro atoms. The van der Waals surface area contributed by atoms with Crippen molar-refractivity contribution in [1.29, 1.82) is 0 Å². The van der Waals surface area contributed by atoms with Crippen molar-refractivity contribution in [3.8, 4) is 5.75 Å². The average molecular weight is 423 g/mol. The molecule has 3 aromatic rings. The molecule has 1 atom stereocenters. The summed E-state index contributed by atoms with van der Waals surface area (Å²) >= 11 is 5.92. The van der Waals surface area contributed by atoms with Crippen LogP contribution in [-0.2, 0) is 0 Å². The van der Waals surface area contributed by atoms with Crippen LogP contribution in [0.15, 0.2) is 72.8 Å². The quantitative estimate of drug-likeness (QED) is 0.489. The van der Waals surface area contributed by atoms with Crippen LogP contribution in [-0.4, -0.2) is 17.9 Å². The van der Waals surface area contributed by atoms with Gasteiger partial charge in [0.1, 0.15) is 5.75 Å². The lowest BCUT2D eigenvalue weighted by Gasteiger charge is -2.13. The predicted octanol–water partition coefficient (Wildman–Crippen LogP) is 6.02. The van der Waals surface area contributed by atoms with Gasteiger partial charge in [-0.05, 0) is 80.1 Å². The van der Waals surface area contributed by atoms with Gasteiger partial charge in [0.15, 0.2) is 0 Å². The van der Waals surface area contributed by atoms with Crippen molar-refractivity contribution >= 4 is 34.8 Å². The largest absolute Gasteiger partial charge is 0.491 e. The lowest BCUT2D eigenvalue weighted by atomic mass is 10.2. The molecular formula is C24H23ClN2O3. The van der Waals surface area contributed by atoms with E-state index < -0.39 is 0 Å². The maximum Gasteiger partial charge on any atom is 0.255 e. The SMILES string of the molecule is CC[C@@H](C)Oc1ccc(C(=O)Nc2ccc(NC(=O)c3cccc(Cl)c3)cc2)cc1. The fraction of sp³-hybridized carbons (Fsp3) is 0.167. The predicted molar refractivity (Wildman–Crippen MR) is 121 cm³/mol. The molecule has 3 rings (SSSR count). The van der Waals surface area contributed by atoms with Crippen molar-refractivity contribution < 1.29 is 14.3 Å². The standard InChI is InChI=1S/C24H23ClN2O3/c1-3-16(2)30-22-13-7-17(8-14-22)23(28)26-20-9-11-21(12-10-20)27-24(29)18-5-4-6-19(25)15-18/h4-16H,3H2,1-2H3,(H,26,28)(H,27,29)/t16-/m1/s1. The van der Waals surface area contributed by atoms with E-state index in [1.54, 1.807) is 72.8 Å². The van der Waals surface area contributed by atoms with Gasteiger partial charge in [-0.25, -0.2) is 0 Å². The first kappa shape index (κ1) is 21.4. The van der Waals surface area contributed by atoms with E-state index in [0.717, 1.165) is 12.2 Å². The van der Waals surface area contributed by atoms with E-state index in [4.69, 9.17) is 16.3 Å². The van der Waals surface area contributed by atoms with Crippen molar-refractivity contribution in [2.45, 2.75) is 26.4 Å². The fourth-order valence-electron chi connectivity index (χ4n) is 2.67. The summed E-state index contributed by atoms with van der Waals surface area (Å²) < 4.78 is 5.73. The number of amides is 2. The molecular weight excluding hydrogens is 400 g/mol. The monoisotopic (exact) mass is 422 g/mol. The lowest BCUT2D eigenvalue weighted by Crippen LogP contribution is -2.13. The summed E-state index contributed by atoms with van der Waals surface area (Å²) in [5.41, 5.74) is 2.25. The Morgan fingerprint density at radius 3 is 1.97 bits per heavy atom. The smallest absolute Gasteiger partial charge is 0.255 e. The maximum atomic E-state index is 12.4. The molecule has 0 aromatic heterocycles. The van der Waals surface area contributed by atoms with Crippen LogP contribution in [0.4, 0.5) is 11.4 Å². The number of nitrogens with one attached hydrogen (secondary N) is 2. The van der Waals surface area contributed by atoms with Crippen LogP contribution in [0.25, 0.3) is 0 Å². The molecule has 0 unspecified atom stereocenters. The van der Waals surface area contributed by atoms with E-state index in [9.17, 15) is 9.59 Å². The second kappa shape index (κ2) is 9.94. The van der Waals surface area contributed by atoms with Crippen LogP contribution < -0.4 is 15.4 Å². The lowest BCUT2D eigenvalue weighted by molar-refractivity contribution is 0.101.